The number of amides is 2. The number of rotatable bonds is 12. The summed E-state index contributed by atoms with van der Waals surface area (Å²) < 4.78 is 27.5. The summed E-state index contributed by atoms with van der Waals surface area (Å²) in [7, 11) is -3.53. The maximum absolute atomic E-state index is 13.4. The van der Waals surface area contributed by atoms with Crippen molar-refractivity contribution in [2.24, 2.45) is 0 Å². The molecule has 1 atom stereocenters. The lowest BCUT2D eigenvalue weighted by Crippen LogP contribution is -2.47. The third-order valence-corrected chi connectivity index (χ3v) is 8.61. The number of carbonyl (C=O) groups excluding carboxylic acids is 2. The SMILES string of the molecule is C[C@H](C(=O)NCc1ccc(Cl)cc1)N(Cc1ccc(Cl)cc1)C(=O)CCc1ccc(S(=O)(=O)NC2CC2)cc1. The van der Waals surface area contributed by atoms with Crippen LogP contribution in [0.1, 0.15) is 42.9 Å². The van der Waals surface area contributed by atoms with E-state index in [0.717, 1.165) is 29.5 Å². The zero-order valence-electron chi connectivity index (χ0n) is 21.6. The highest BCUT2D eigenvalue weighted by molar-refractivity contribution is 7.89. The Hall–Kier alpha value is -2.91. The standard InChI is InChI=1S/C29H31Cl2N3O4S/c1-20(29(36)32-18-22-2-9-24(30)10-3-22)34(19-23-4-11-25(31)12-5-23)28(35)17-8-21-6-15-27(16-7-21)39(37,38)33-26-13-14-26/h2-7,9-12,15-16,20,26,33H,8,13-14,17-19H2,1H3,(H,32,36)/t20-/m1/s1. The Morgan fingerprint density at radius 3 is 1.97 bits per heavy atom. The van der Waals surface area contributed by atoms with Gasteiger partial charge in [0.25, 0.3) is 0 Å². The Kier molecular flexibility index (Phi) is 9.67. The van der Waals surface area contributed by atoms with E-state index in [9.17, 15) is 18.0 Å². The van der Waals surface area contributed by atoms with E-state index in [1.165, 1.54) is 0 Å². The molecule has 0 heterocycles. The number of aryl methyl sites for hydroxylation is 1. The Morgan fingerprint density at radius 2 is 1.41 bits per heavy atom. The number of nitrogens with zero attached hydrogens (tertiary/aromatic N) is 1. The second-order valence-corrected chi connectivity index (χ2v) is 12.3. The molecule has 0 saturated heterocycles. The fraction of sp³-hybridized carbons (Fsp3) is 0.310. The molecule has 39 heavy (non-hydrogen) atoms. The average molecular weight is 589 g/mol. The minimum Gasteiger partial charge on any atom is -0.350 e. The third-order valence-electron chi connectivity index (χ3n) is 6.57. The van der Waals surface area contributed by atoms with Crippen LogP contribution in [-0.2, 0) is 39.1 Å². The topological polar surface area (TPSA) is 95.6 Å². The summed E-state index contributed by atoms with van der Waals surface area (Å²) in [6.07, 6.45) is 2.30. The van der Waals surface area contributed by atoms with Crippen LogP contribution in [0.15, 0.2) is 77.7 Å². The van der Waals surface area contributed by atoms with Crippen LogP contribution in [0.4, 0.5) is 0 Å². The summed E-state index contributed by atoms with van der Waals surface area (Å²) in [6, 6.07) is 20.2. The van der Waals surface area contributed by atoms with E-state index in [-0.39, 0.29) is 35.7 Å². The molecule has 0 radical (unpaired) electrons. The highest BCUT2D eigenvalue weighted by Crippen LogP contribution is 2.23. The molecule has 2 N–H and O–H groups in total. The second-order valence-electron chi connectivity index (χ2n) is 9.71. The van der Waals surface area contributed by atoms with Gasteiger partial charge in [-0.2, -0.15) is 0 Å². The van der Waals surface area contributed by atoms with E-state index >= 15 is 0 Å². The maximum Gasteiger partial charge on any atom is 0.242 e. The molecule has 1 fully saturated rings. The average Bonchev–Trinajstić information content (AvgIpc) is 3.74. The number of hydrogen-bond acceptors (Lipinski definition) is 4. The Balaban J connectivity index is 1.41. The Bertz CT molecular complexity index is 1390. The highest BCUT2D eigenvalue weighted by Gasteiger charge is 2.28. The van der Waals surface area contributed by atoms with Gasteiger partial charge in [-0.05, 0) is 79.3 Å². The third kappa shape index (κ3) is 8.54. The van der Waals surface area contributed by atoms with E-state index in [1.54, 1.807) is 60.4 Å². The zero-order valence-corrected chi connectivity index (χ0v) is 23.9. The van der Waals surface area contributed by atoms with E-state index in [2.05, 4.69) is 10.0 Å². The van der Waals surface area contributed by atoms with Crippen molar-refractivity contribution in [3.8, 4) is 0 Å². The van der Waals surface area contributed by atoms with Gasteiger partial charge in [-0.25, -0.2) is 13.1 Å². The van der Waals surface area contributed by atoms with E-state index in [4.69, 9.17) is 23.2 Å². The molecule has 1 aliphatic carbocycles. The first kappa shape index (κ1) is 29.1. The molecule has 1 aliphatic rings. The van der Waals surface area contributed by atoms with Crippen molar-refractivity contribution in [1.29, 1.82) is 0 Å². The molecule has 0 bridgehead atoms. The van der Waals surface area contributed by atoms with Crippen LogP contribution in [-0.4, -0.2) is 37.2 Å². The number of carbonyl (C=O) groups is 2. The van der Waals surface area contributed by atoms with Gasteiger partial charge in [0.2, 0.25) is 21.8 Å². The van der Waals surface area contributed by atoms with Crippen molar-refractivity contribution < 1.29 is 18.0 Å². The minimum absolute atomic E-state index is 0.0318. The van der Waals surface area contributed by atoms with Crippen LogP contribution in [0, 0.1) is 0 Å². The summed E-state index contributed by atoms with van der Waals surface area (Å²) in [5.41, 5.74) is 2.58. The van der Waals surface area contributed by atoms with Crippen LogP contribution in [0.25, 0.3) is 0 Å². The van der Waals surface area contributed by atoms with Crippen LogP contribution in [0.3, 0.4) is 0 Å². The van der Waals surface area contributed by atoms with Crippen LogP contribution in [0.5, 0.6) is 0 Å². The fourth-order valence-corrected chi connectivity index (χ4v) is 5.58. The normalized spacial score (nSPS) is 14.0. The van der Waals surface area contributed by atoms with E-state index < -0.39 is 16.1 Å². The van der Waals surface area contributed by atoms with Gasteiger partial charge in [-0.3, -0.25) is 9.59 Å². The molecule has 7 nitrogen and oxygen atoms in total. The van der Waals surface area contributed by atoms with Gasteiger partial charge >= 0.3 is 0 Å². The minimum atomic E-state index is -3.53. The predicted octanol–water partition coefficient (Wildman–Crippen LogP) is 5.10. The molecule has 0 aliphatic heterocycles. The molecule has 2 amide bonds. The van der Waals surface area contributed by atoms with Gasteiger partial charge < -0.3 is 10.2 Å². The molecular weight excluding hydrogens is 557 g/mol. The van der Waals surface area contributed by atoms with Crippen molar-refractivity contribution in [1.82, 2.24) is 14.9 Å². The van der Waals surface area contributed by atoms with Gasteiger partial charge in [-0.1, -0.05) is 59.6 Å². The van der Waals surface area contributed by atoms with Crippen molar-refractivity contribution in [2.75, 3.05) is 0 Å². The van der Waals surface area contributed by atoms with Crippen LogP contribution in [0.2, 0.25) is 10.0 Å². The summed E-state index contributed by atoms with van der Waals surface area (Å²) in [6.45, 7) is 2.27. The Labute approximate surface area is 239 Å². The summed E-state index contributed by atoms with van der Waals surface area (Å²) in [5.74, 6) is -0.462. The van der Waals surface area contributed by atoms with Crippen molar-refractivity contribution in [2.45, 2.75) is 62.7 Å². The van der Waals surface area contributed by atoms with Gasteiger partial charge in [0.05, 0.1) is 4.90 Å². The number of nitrogens with one attached hydrogen (secondary N) is 2. The first-order chi connectivity index (χ1) is 18.6. The summed E-state index contributed by atoms with van der Waals surface area (Å²) in [5, 5.41) is 4.10. The quantitative estimate of drug-likeness (QED) is 0.308. The maximum atomic E-state index is 13.4. The predicted molar refractivity (Wildman–Crippen MR) is 153 cm³/mol. The molecule has 1 saturated carbocycles. The Morgan fingerprint density at radius 1 is 0.872 bits per heavy atom. The van der Waals surface area contributed by atoms with E-state index in [1.807, 2.05) is 24.3 Å². The molecule has 0 aromatic heterocycles. The van der Waals surface area contributed by atoms with Crippen molar-refractivity contribution in [3.05, 3.63) is 99.5 Å². The smallest absolute Gasteiger partial charge is 0.242 e. The molecule has 3 aromatic rings. The number of halogens is 2. The fourth-order valence-electron chi connectivity index (χ4n) is 4.03. The number of hydrogen-bond donors (Lipinski definition) is 2. The van der Waals surface area contributed by atoms with Crippen molar-refractivity contribution in [3.63, 3.8) is 0 Å². The summed E-state index contributed by atoms with van der Waals surface area (Å²) >= 11 is 12.0. The lowest BCUT2D eigenvalue weighted by Gasteiger charge is -2.29. The lowest BCUT2D eigenvalue weighted by atomic mass is 10.1. The molecule has 0 unspecified atom stereocenters. The van der Waals surface area contributed by atoms with Crippen LogP contribution < -0.4 is 10.0 Å². The first-order valence-electron chi connectivity index (χ1n) is 12.8. The monoisotopic (exact) mass is 587 g/mol. The van der Waals surface area contributed by atoms with Gasteiger partial charge in [0, 0.05) is 35.6 Å². The molecule has 4 rings (SSSR count). The van der Waals surface area contributed by atoms with Crippen LogP contribution >= 0.6 is 23.2 Å². The zero-order chi connectivity index (χ0) is 28.0. The van der Waals surface area contributed by atoms with Gasteiger partial charge in [0.1, 0.15) is 6.04 Å². The summed E-state index contributed by atoms with van der Waals surface area (Å²) in [4.78, 5) is 28.2. The molecule has 0 spiro atoms. The van der Waals surface area contributed by atoms with E-state index in [0.29, 0.717) is 23.0 Å². The number of benzene rings is 3. The molecule has 206 valence electrons. The molecule has 3 aromatic carbocycles. The largest absolute Gasteiger partial charge is 0.350 e. The first-order valence-corrected chi connectivity index (χ1v) is 15.0. The highest BCUT2D eigenvalue weighted by atomic mass is 35.5. The molecular formula is C29H31Cl2N3O4S. The van der Waals surface area contributed by atoms with Gasteiger partial charge in [0.15, 0.2) is 0 Å². The number of sulfonamides is 1. The molecule has 10 heteroatoms. The second kappa shape index (κ2) is 13.0. The van der Waals surface area contributed by atoms with Crippen molar-refractivity contribution >= 4 is 45.0 Å². The van der Waals surface area contributed by atoms with Gasteiger partial charge in [-0.15, -0.1) is 0 Å². The lowest BCUT2D eigenvalue weighted by molar-refractivity contribution is -0.140.